The fourth-order valence-corrected chi connectivity index (χ4v) is 1.94. The number of amides is 2. The number of rotatable bonds is 3. The molecule has 0 N–H and O–H groups in total. The molecule has 0 atom stereocenters. The molecule has 0 bridgehead atoms. The van der Waals surface area contributed by atoms with E-state index >= 15 is 0 Å². The minimum absolute atomic E-state index is 0.164. The van der Waals surface area contributed by atoms with Crippen LogP contribution in [0.25, 0.3) is 0 Å². The number of imide groups is 1. The average Bonchev–Trinajstić information content (AvgIpc) is 3.05. The summed E-state index contributed by atoms with van der Waals surface area (Å²) in [5.41, 5.74) is -2.93. The van der Waals surface area contributed by atoms with Crippen molar-refractivity contribution in [2.24, 2.45) is 0 Å². The largest absolute Gasteiger partial charge is 0.464 e. The molecular formula is C16H27NO6. The second-order valence-electron chi connectivity index (χ2n) is 7.55. The van der Waals surface area contributed by atoms with Crippen LogP contribution in [0.5, 0.6) is 0 Å². The van der Waals surface area contributed by atoms with Gasteiger partial charge in [0.25, 0.3) is 0 Å². The number of hydrogen-bond donors (Lipinski definition) is 0. The zero-order valence-electron chi connectivity index (χ0n) is 15.0. The lowest BCUT2D eigenvalue weighted by atomic mass is 10.2. The number of nitrogens with zero attached hydrogens (tertiary/aromatic N) is 1. The van der Waals surface area contributed by atoms with E-state index in [0.717, 1.165) is 4.90 Å². The molecule has 1 aliphatic carbocycles. The second kappa shape index (κ2) is 6.37. The lowest BCUT2D eigenvalue weighted by Gasteiger charge is -2.32. The first-order valence-electron chi connectivity index (χ1n) is 7.76. The number of carbonyl (C=O) groups is 3. The van der Waals surface area contributed by atoms with Crippen LogP contribution in [0.2, 0.25) is 0 Å². The molecule has 23 heavy (non-hydrogen) atoms. The first kappa shape index (κ1) is 19.3. The van der Waals surface area contributed by atoms with Crippen molar-refractivity contribution in [3.8, 4) is 0 Å². The summed E-state index contributed by atoms with van der Waals surface area (Å²) in [5, 5.41) is 0. The predicted molar refractivity (Wildman–Crippen MR) is 82.9 cm³/mol. The van der Waals surface area contributed by atoms with E-state index in [4.69, 9.17) is 14.2 Å². The third-order valence-electron chi connectivity index (χ3n) is 2.96. The third kappa shape index (κ3) is 5.11. The number of esters is 1. The van der Waals surface area contributed by atoms with Crippen molar-refractivity contribution >= 4 is 18.2 Å². The van der Waals surface area contributed by atoms with Crippen molar-refractivity contribution in [1.82, 2.24) is 4.90 Å². The molecule has 1 aliphatic rings. The highest BCUT2D eigenvalue weighted by Crippen LogP contribution is 2.44. The predicted octanol–water partition coefficient (Wildman–Crippen LogP) is 3.25. The lowest BCUT2D eigenvalue weighted by molar-refractivity contribution is -0.151. The minimum Gasteiger partial charge on any atom is -0.464 e. The van der Waals surface area contributed by atoms with E-state index in [9.17, 15) is 14.4 Å². The van der Waals surface area contributed by atoms with Crippen molar-refractivity contribution in [3.63, 3.8) is 0 Å². The highest BCUT2D eigenvalue weighted by atomic mass is 16.6. The Hall–Kier alpha value is -1.79. The van der Waals surface area contributed by atoms with Gasteiger partial charge >= 0.3 is 18.2 Å². The Labute approximate surface area is 137 Å². The smallest absolute Gasteiger partial charge is 0.420 e. The maximum absolute atomic E-state index is 12.5. The van der Waals surface area contributed by atoms with E-state index in [1.165, 1.54) is 0 Å². The van der Waals surface area contributed by atoms with Crippen LogP contribution >= 0.6 is 0 Å². The Balaban J connectivity index is 3.09. The van der Waals surface area contributed by atoms with Crippen LogP contribution in [0.4, 0.5) is 9.59 Å². The first-order chi connectivity index (χ1) is 10.3. The van der Waals surface area contributed by atoms with E-state index in [1.807, 2.05) is 0 Å². The molecule has 0 aromatic rings. The SMILES string of the molecule is CCOC(=O)C1(N(C(=O)OC(C)(C)C)C(=O)OC(C)(C)C)CC1. The van der Waals surface area contributed by atoms with Gasteiger partial charge in [-0.25, -0.2) is 14.4 Å². The highest BCUT2D eigenvalue weighted by molar-refractivity contribution is 5.98. The molecular weight excluding hydrogens is 302 g/mol. The highest BCUT2D eigenvalue weighted by Gasteiger charge is 2.62. The summed E-state index contributed by atoms with van der Waals surface area (Å²) < 4.78 is 15.6. The molecule has 132 valence electrons. The summed E-state index contributed by atoms with van der Waals surface area (Å²) in [5.74, 6) is -0.614. The van der Waals surface area contributed by atoms with Gasteiger partial charge in [0.2, 0.25) is 0 Å². The Kier molecular flexibility index (Phi) is 5.34. The minimum atomic E-state index is -1.32. The van der Waals surface area contributed by atoms with Crippen LogP contribution in [-0.4, -0.2) is 46.4 Å². The molecule has 0 heterocycles. The molecule has 1 rings (SSSR count). The molecule has 0 aromatic heterocycles. The van der Waals surface area contributed by atoms with Crippen molar-refractivity contribution < 1.29 is 28.6 Å². The summed E-state index contributed by atoms with van der Waals surface area (Å²) in [6, 6.07) is 0. The second-order valence-corrected chi connectivity index (χ2v) is 7.55. The van der Waals surface area contributed by atoms with E-state index < -0.39 is 34.9 Å². The lowest BCUT2D eigenvalue weighted by Crippen LogP contribution is -2.54. The van der Waals surface area contributed by atoms with Gasteiger partial charge in [-0.15, -0.1) is 0 Å². The van der Waals surface area contributed by atoms with Gasteiger partial charge in [0.05, 0.1) is 6.61 Å². The molecule has 0 unspecified atom stereocenters. The number of carbonyl (C=O) groups excluding carboxylic acids is 3. The fraction of sp³-hybridized carbons (Fsp3) is 0.812. The normalized spacial score (nSPS) is 16.3. The average molecular weight is 329 g/mol. The summed E-state index contributed by atoms with van der Waals surface area (Å²) in [6.45, 7) is 11.9. The Morgan fingerprint density at radius 1 is 0.913 bits per heavy atom. The molecule has 7 heteroatoms. The topological polar surface area (TPSA) is 82.1 Å². The number of ether oxygens (including phenoxy) is 3. The van der Waals surface area contributed by atoms with Crippen molar-refractivity contribution in [3.05, 3.63) is 0 Å². The Morgan fingerprint density at radius 2 is 1.30 bits per heavy atom. The Morgan fingerprint density at radius 3 is 1.57 bits per heavy atom. The Bertz CT molecular complexity index is 454. The van der Waals surface area contributed by atoms with Crippen LogP contribution < -0.4 is 0 Å². The summed E-state index contributed by atoms with van der Waals surface area (Å²) in [6.07, 6.45) is -1.14. The quantitative estimate of drug-likeness (QED) is 0.584. The van der Waals surface area contributed by atoms with Gasteiger partial charge in [-0.3, -0.25) is 0 Å². The molecule has 0 aromatic carbocycles. The van der Waals surface area contributed by atoms with Crippen LogP contribution in [0.3, 0.4) is 0 Å². The van der Waals surface area contributed by atoms with Crippen molar-refractivity contribution in [2.75, 3.05) is 6.61 Å². The van der Waals surface area contributed by atoms with Gasteiger partial charge in [-0.2, -0.15) is 4.90 Å². The summed E-state index contributed by atoms with van der Waals surface area (Å²) in [4.78, 5) is 37.9. The van der Waals surface area contributed by atoms with Crippen LogP contribution in [0.1, 0.15) is 61.3 Å². The van der Waals surface area contributed by atoms with Crippen LogP contribution in [0, 0.1) is 0 Å². The van der Waals surface area contributed by atoms with E-state index in [1.54, 1.807) is 48.5 Å². The molecule has 0 saturated heterocycles. The maximum atomic E-state index is 12.5. The van der Waals surface area contributed by atoms with Gasteiger partial charge < -0.3 is 14.2 Å². The van der Waals surface area contributed by atoms with Gasteiger partial charge in [-0.1, -0.05) is 0 Å². The zero-order valence-corrected chi connectivity index (χ0v) is 15.0. The summed E-state index contributed by atoms with van der Waals surface area (Å²) >= 11 is 0. The molecule has 0 aliphatic heterocycles. The molecule has 1 fully saturated rings. The molecule has 0 radical (unpaired) electrons. The van der Waals surface area contributed by atoms with Gasteiger partial charge in [0.1, 0.15) is 11.2 Å². The molecule has 7 nitrogen and oxygen atoms in total. The molecule has 0 spiro atoms. The van der Waals surface area contributed by atoms with E-state index in [-0.39, 0.29) is 6.61 Å². The van der Waals surface area contributed by atoms with Crippen LogP contribution in [0.15, 0.2) is 0 Å². The van der Waals surface area contributed by atoms with E-state index in [0.29, 0.717) is 12.8 Å². The summed E-state index contributed by atoms with van der Waals surface area (Å²) in [7, 11) is 0. The van der Waals surface area contributed by atoms with Crippen molar-refractivity contribution in [1.29, 1.82) is 0 Å². The standard InChI is InChI=1S/C16H27NO6/c1-8-21-11(18)16(9-10-16)17(12(19)22-14(2,3)4)13(20)23-15(5,6)7/h8-10H2,1-7H3. The van der Waals surface area contributed by atoms with E-state index in [2.05, 4.69) is 0 Å². The molecule has 2 amide bonds. The van der Waals surface area contributed by atoms with Crippen LogP contribution in [-0.2, 0) is 19.0 Å². The maximum Gasteiger partial charge on any atom is 0.420 e. The van der Waals surface area contributed by atoms with Gasteiger partial charge in [-0.05, 0) is 61.3 Å². The fourth-order valence-electron chi connectivity index (χ4n) is 1.94. The monoisotopic (exact) mass is 329 g/mol. The molecule has 1 saturated carbocycles. The van der Waals surface area contributed by atoms with Crippen molar-refractivity contribution in [2.45, 2.75) is 78.0 Å². The third-order valence-corrected chi connectivity index (χ3v) is 2.96. The zero-order chi connectivity index (χ0) is 18.1. The number of hydrogen-bond acceptors (Lipinski definition) is 6. The first-order valence-corrected chi connectivity index (χ1v) is 7.76. The van der Waals surface area contributed by atoms with Gasteiger partial charge in [0.15, 0.2) is 5.54 Å². The van der Waals surface area contributed by atoms with Gasteiger partial charge in [0, 0.05) is 0 Å².